The number of imidazole rings is 1. The first-order valence-corrected chi connectivity index (χ1v) is 8.12. The van der Waals surface area contributed by atoms with E-state index in [0.29, 0.717) is 17.4 Å². The fourth-order valence-corrected chi connectivity index (χ4v) is 3.26. The van der Waals surface area contributed by atoms with Gasteiger partial charge in [-0.05, 0) is 11.4 Å². The van der Waals surface area contributed by atoms with E-state index in [0.717, 1.165) is 9.84 Å². The van der Waals surface area contributed by atoms with Crippen LogP contribution in [0.15, 0.2) is 39.8 Å². The number of hydrogen-bond donors (Lipinski definition) is 1. The maximum atomic E-state index is 12.1. The molecule has 4 heterocycles. The van der Waals surface area contributed by atoms with Crippen molar-refractivity contribution in [3.05, 3.63) is 46.8 Å². The van der Waals surface area contributed by atoms with Crippen molar-refractivity contribution in [3.63, 3.8) is 0 Å². The number of thiazole rings is 1. The number of hydrogen-bond acceptors (Lipinski definition) is 7. The summed E-state index contributed by atoms with van der Waals surface area (Å²) in [5.74, 6) is 0.623. The zero-order valence-corrected chi connectivity index (χ0v) is 12.7. The van der Waals surface area contributed by atoms with Crippen molar-refractivity contribution < 1.29 is 9.32 Å². The highest BCUT2D eigenvalue weighted by Gasteiger charge is 2.14. The SMILES string of the molecule is O=C(NCc1noc(-c2cccs2)n1)c1cn2ccsc2n1. The first kappa shape index (κ1) is 13.2. The predicted molar refractivity (Wildman–Crippen MR) is 81.9 cm³/mol. The maximum absolute atomic E-state index is 12.1. The number of nitrogens with zero attached hydrogens (tertiary/aromatic N) is 4. The Labute approximate surface area is 132 Å². The summed E-state index contributed by atoms with van der Waals surface area (Å²) in [5, 5.41) is 10.4. The quantitative estimate of drug-likeness (QED) is 0.621. The lowest BCUT2D eigenvalue weighted by atomic mass is 10.4. The molecule has 0 saturated carbocycles. The zero-order valence-electron chi connectivity index (χ0n) is 11.1. The number of carbonyl (C=O) groups is 1. The molecule has 0 aliphatic carbocycles. The predicted octanol–water partition coefficient (Wildman–Crippen LogP) is 2.44. The summed E-state index contributed by atoms with van der Waals surface area (Å²) in [6.07, 6.45) is 3.55. The number of amides is 1. The van der Waals surface area contributed by atoms with Crippen molar-refractivity contribution in [2.75, 3.05) is 0 Å². The lowest BCUT2D eigenvalue weighted by molar-refractivity contribution is 0.0945. The standard InChI is InChI=1S/C13H9N5O2S2/c19-11(8-7-18-3-5-22-13(18)15-8)14-6-10-16-12(20-17-10)9-2-1-4-21-9/h1-5,7H,6H2,(H,14,19). The van der Waals surface area contributed by atoms with Gasteiger partial charge in [0, 0.05) is 17.8 Å². The van der Waals surface area contributed by atoms with E-state index in [1.807, 2.05) is 33.5 Å². The number of aromatic nitrogens is 4. The van der Waals surface area contributed by atoms with Crippen LogP contribution in [0, 0.1) is 0 Å². The van der Waals surface area contributed by atoms with Gasteiger partial charge in [0.05, 0.1) is 11.4 Å². The third-order valence-electron chi connectivity index (χ3n) is 2.93. The molecule has 22 heavy (non-hydrogen) atoms. The molecule has 1 amide bonds. The molecular formula is C13H9N5O2S2. The van der Waals surface area contributed by atoms with E-state index in [-0.39, 0.29) is 12.5 Å². The van der Waals surface area contributed by atoms with Gasteiger partial charge in [-0.3, -0.25) is 9.20 Å². The van der Waals surface area contributed by atoms with Crippen LogP contribution in [-0.2, 0) is 6.54 Å². The van der Waals surface area contributed by atoms with E-state index in [1.54, 1.807) is 6.20 Å². The molecule has 0 atom stereocenters. The smallest absolute Gasteiger partial charge is 0.271 e. The molecule has 1 N–H and O–H groups in total. The second-order valence-electron chi connectivity index (χ2n) is 4.39. The van der Waals surface area contributed by atoms with Gasteiger partial charge in [0.2, 0.25) is 0 Å². The van der Waals surface area contributed by atoms with Crippen LogP contribution in [0.1, 0.15) is 16.3 Å². The van der Waals surface area contributed by atoms with Crippen LogP contribution in [0.5, 0.6) is 0 Å². The molecule has 0 spiro atoms. The average Bonchev–Trinajstić information content (AvgIpc) is 3.26. The molecule has 0 bridgehead atoms. The summed E-state index contributed by atoms with van der Waals surface area (Å²) in [6, 6.07) is 3.81. The molecule has 0 aliphatic heterocycles. The van der Waals surface area contributed by atoms with Gasteiger partial charge in [0.1, 0.15) is 5.69 Å². The van der Waals surface area contributed by atoms with Crippen molar-refractivity contribution in [1.29, 1.82) is 0 Å². The molecule has 0 radical (unpaired) electrons. The average molecular weight is 331 g/mol. The third-order valence-corrected chi connectivity index (χ3v) is 4.56. The summed E-state index contributed by atoms with van der Waals surface area (Å²) in [6.45, 7) is 0.193. The van der Waals surface area contributed by atoms with Crippen molar-refractivity contribution in [2.45, 2.75) is 6.54 Å². The Bertz CT molecular complexity index is 893. The highest BCUT2D eigenvalue weighted by atomic mass is 32.1. The molecule has 4 aromatic heterocycles. The molecule has 0 unspecified atom stereocenters. The van der Waals surface area contributed by atoms with Crippen LogP contribution in [0.25, 0.3) is 15.7 Å². The molecule has 9 heteroatoms. The monoisotopic (exact) mass is 331 g/mol. The second-order valence-corrected chi connectivity index (χ2v) is 6.22. The minimum atomic E-state index is -0.265. The van der Waals surface area contributed by atoms with Crippen LogP contribution in [0.3, 0.4) is 0 Å². The fourth-order valence-electron chi connectivity index (χ4n) is 1.91. The van der Waals surface area contributed by atoms with Crippen LogP contribution in [0.4, 0.5) is 0 Å². The Kier molecular flexibility index (Phi) is 3.20. The highest BCUT2D eigenvalue weighted by Crippen LogP contribution is 2.22. The summed E-state index contributed by atoms with van der Waals surface area (Å²) >= 11 is 2.99. The van der Waals surface area contributed by atoms with Crippen LogP contribution < -0.4 is 5.32 Å². The number of thiophene rings is 1. The first-order valence-electron chi connectivity index (χ1n) is 6.36. The first-order chi connectivity index (χ1) is 10.8. The van der Waals surface area contributed by atoms with E-state index < -0.39 is 0 Å². The van der Waals surface area contributed by atoms with Crippen LogP contribution >= 0.6 is 22.7 Å². The van der Waals surface area contributed by atoms with E-state index in [4.69, 9.17) is 4.52 Å². The Morgan fingerprint density at radius 2 is 2.27 bits per heavy atom. The molecule has 0 fully saturated rings. The van der Waals surface area contributed by atoms with Gasteiger partial charge in [-0.15, -0.1) is 22.7 Å². The van der Waals surface area contributed by atoms with E-state index in [9.17, 15) is 4.79 Å². The van der Waals surface area contributed by atoms with Gasteiger partial charge in [0.25, 0.3) is 11.8 Å². The summed E-state index contributed by atoms with van der Waals surface area (Å²) in [4.78, 5) is 22.2. The Balaban J connectivity index is 1.44. The second kappa shape index (κ2) is 5.35. The van der Waals surface area contributed by atoms with Gasteiger partial charge < -0.3 is 9.84 Å². The number of fused-ring (bicyclic) bond motifs is 1. The Morgan fingerprint density at radius 1 is 1.32 bits per heavy atom. The topological polar surface area (TPSA) is 85.3 Å². The Morgan fingerprint density at radius 3 is 3.09 bits per heavy atom. The molecule has 0 aliphatic rings. The molecule has 4 aromatic rings. The van der Waals surface area contributed by atoms with Gasteiger partial charge in [-0.25, -0.2) is 4.98 Å². The molecule has 110 valence electrons. The fraction of sp³-hybridized carbons (Fsp3) is 0.0769. The van der Waals surface area contributed by atoms with Gasteiger partial charge in [-0.2, -0.15) is 4.98 Å². The van der Waals surface area contributed by atoms with Crippen LogP contribution in [0.2, 0.25) is 0 Å². The van der Waals surface area contributed by atoms with Crippen molar-refractivity contribution in [3.8, 4) is 10.8 Å². The van der Waals surface area contributed by atoms with Gasteiger partial charge in [0.15, 0.2) is 10.8 Å². The minimum absolute atomic E-state index is 0.193. The molecule has 0 saturated heterocycles. The third kappa shape index (κ3) is 2.40. The largest absolute Gasteiger partial charge is 0.343 e. The highest BCUT2D eigenvalue weighted by molar-refractivity contribution is 7.15. The number of rotatable bonds is 4. The zero-order chi connectivity index (χ0) is 14.9. The minimum Gasteiger partial charge on any atom is -0.343 e. The molecular weight excluding hydrogens is 322 g/mol. The molecule has 0 aromatic carbocycles. The molecule has 4 rings (SSSR count). The van der Waals surface area contributed by atoms with Gasteiger partial charge >= 0.3 is 0 Å². The number of nitrogens with one attached hydrogen (secondary N) is 1. The van der Waals surface area contributed by atoms with E-state index >= 15 is 0 Å². The van der Waals surface area contributed by atoms with E-state index in [2.05, 4.69) is 20.4 Å². The van der Waals surface area contributed by atoms with Crippen molar-refractivity contribution in [2.24, 2.45) is 0 Å². The summed E-state index contributed by atoms with van der Waals surface area (Å²) in [5.41, 5.74) is 0.369. The lowest BCUT2D eigenvalue weighted by Crippen LogP contribution is -2.23. The van der Waals surface area contributed by atoms with Gasteiger partial charge in [-0.1, -0.05) is 11.2 Å². The summed E-state index contributed by atoms with van der Waals surface area (Å²) in [7, 11) is 0. The van der Waals surface area contributed by atoms with Crippen LogP contribution in [-0.4, -0.2) is 25.4 Å². The Hall–Kier alpha value is -2.52. The van der Waals surface area contributed by atoms with Crippen molar-refractivity contribution >= 4 is 33.5 Å². The van der Waals surface area contributed by atoms with E-state index in [1.165, 1.54) is 22.7 Å². The summed E-state index contributed by atoms with van der Waals surface area (Å²) < 4.78 is 6.97. The normalized spacial score (nSPS) is 11.1. The van der Waals surface area contributed by atoms with Crippen molar-refractivity contribution in [1.82, 2.24) is 24.8 Å². The molecule has 7 nitrogen and oxygen atoms in total. The lowest BCUT2D eigenvalue weighted by Gasteiger charge is -1.97. The maximum Gasteiger partial charge on any atom is 0.271 e. The number of carbonyl (C=O) groups excluding carboxylic acids is 1.